The molecule has 438 valence electrons. The Labute approximate surface area is 521 Å². The Morgan fingerprint density at radius 3 is 1.45 bits per heavy atom. The van der Waals surface area contributed by atoms with Crippen LogP contribution in [-0.4, -0.2) is 4.57 Å². The molecule has 13 rings (SSSR count). The first kappa shape index (κ1) is 57.7. The van der Waals surface area contributed by atoms with Gasteiger partial charge in [-0.1, -0.05) is 190 Å². The average molecular weight is 1150 g/mol. The molecular weight excluding hydrogens is 1070 g/mol. The van der Waals surface area contributed by atoms with Gasteiger partial charge in [0.25, 0.3) is 0 Å². The highest BCUT2D eigenvalue weighted by molar-refractivity contribution is 6.11. The summed E-state index contributed by atoms with van der Waals surface area (Å²) in [6.07, 6.45) is 2.37. The fourth-order valence-electron chi connectivity index (χ4n) is 13.2. The van der Waals surface area contributed by atoms with Crippen LogP contribution in [0.3, 0.4) is 0 Å². The quantitative estimate of drug-likeness (QED) is 0.108. The van der Waals surface area contributed by atoms with Crippen LogP contribution in [0.5, 0.6) is 0 Å². The molecule has 2 heterocycles. The summed E-state index contributed by atoms with van der Waals surface area (Å²) in [6, 6.07) is 88.2. The maximum Gasteiger partial charge on any atom is 0.143 e. The molecule has 88 heavy (non-hydrogen) atoms. The van der Waals surface area contributed by atoms with E-state index in [9.17, 15) is 0 Å². The van der Waals surface area contributed by atoms with E-state index in [1.54, 1.807) is 0 Å². The minimum Gasteiger partial charge on any atom is -0.455 e. The van der Waals surface area contributed by atoms with E-state index in [1.165, 1.54) is 96.0 Å². The Bertz CT molecular complexity index is 4680. The van der Waals surface area contributed by atoms with Gasteiger partial charge in [0.05, 0.1) is 11.0 Å². The second-order valence-corrected chi connectivity index (χ2v) is 27.0. The van der Waals surface area contributed by atoms with Gasteiger partial charge in [-0.25, -0.2) is 0 Å². The number of benzene rings is 11. The topological polar surface area (TPSA) is 24.6 Å². The van der Waals surface area contributed by atoms with Crippen LogP contribution in [0.1, 0.15) is 114 Å². The first-order valence-corrected chi connectivity index (χ1v) is 31.7. The van der Waals surface area contributed by atoms with Crippen molar-refractivity contribution in [3.63, 3.8) is 0 Å². The molecule has 0 spiro atoms. The highest BCUT2D eigenvalue weighted by Gasteiger charge is 2.23. The minimum atomic E-state index is 0.0265. The van der Waals surface area contributed by atoms with Gasteiger partial charge in [0.2, 0.25) is 0 Å². The Morgan fingerprint density at radius 2 is 0.898 bits per heavy atom. The number of hydrogen-bond acceptors (Lipinski definition) is 3. The van der Waals surface area contributed by atoms with Crippen LogP contribution in [0.15, 0.2) is 241 Å². The molecule has 0 radical (unpaired) electrons. The molecule has 0 aliphatic rings. The van der Waals surface area contributed by atoms with E-state index in [4.69, 9.17) is 4.42 Å². The van der Waals surface area contributed by atoms with Crippen molar-refractivity contribution in [3.8, 4) is 39.1 Å². The van der Waals surface area contributed by atoms with Crippen molar-refractivity contribution in [2.24, 2.45) is 5.92 Å². The molecule has 0 aliphatic carbocycles. The average Bonchev–Trinajstić information content (AvgIpc) is 1.72. The molecule has 0 saturated carbocycles. The third-order valence-corrected chi connectivity index (χ3v) is 18.6. The Morgan fingerprint density at radius 1 is 0.409 bits per heavy atom. The third kappa shape index (κ3) is 11.0. The second kappa shape index (κ2) is 23.0. The van der Waals surface area contributed by atoms with Crippen LogP contribution >= 0.6 is 0 Å². The monoisotopic (exact) mass is 1150 g/mol. The molecule has 11 aromatic carbocycles. The van der Waals surface area contributed by atoms with Crippen molar-refractivity contribution in [1.29, 1.82) is 0 Å². The molecule has 2 unspecified atom stereocenters. The van der Waals surface area contributed by atoms with Crippen LogP contribution in [-0.2, 0) is 10.8 Å². The van der Waals surface area contributed by atoms with Gasteiger partial charge in [0, 0.05) is 66.9 Å². The lowest BCUT2D eigenvalue weighted by molar-refractivity contribution is 0.471. The third-order valence-electron chi connectivity index (χ3n) is 18.6. The van der Waals surface area contributed by atoms with Gasteiger partial charge in [-0.15, -0.1) is 0 Å². The fourth-order valence-corrected chi connectivity index (χ4v) is 13.2. The Balaban J connectivity index is 0.834. The van der Waals surface area contributed by atoms with E-state index in [-0.39, 0.29) is 10.8 Å². The molecule has 0 fully saturated rings. The maximum atomic E-state index is 6.63. The van der Waals surface area contributed by atoms with Crippen LogP contribution in [0.2, 0.25) is 0 Å². The summed E-state index contributed by atoms with van der Waals surface area (Å²) in [4.78, 5) is 4.80. The molecule has 0 N–H and O–H groups in total. The van der Waals surface area contributed by atoms with Crippen molar-refractivity contribution in [2.45, 2.75) is 113 Å². The van der Waals surface area contributed by atoms with Crippen LogP contribution < -0.4 is 9.80 Å². The number of para-hydroxylation sites is 2. The highest BCUT2D eigenvalue weighted by Crippen LogP contribution is 2.45. The normalized spacial score (nSPS) is 12.8. The van der Waals surface area contributed by atoms with Gasteiger partial charge < -0.3 is 18.8 Å². The minimum absolute atomic E-state index is 0.0265. The number of aryl methyl sites for hydroxylation is 3. The molecule has 2 atom stereocenters. The van der Waals surface area contributed by atoms with Crippen LogP contribution in [0.25, 0.3) is 82.8 Å². The summed E-state index contributed by atoms with van der Waals surface area (Å²) in [5, 5.41) is 4.84. The summed E-state index contributed by atoms with van der Waals surface area (Å²) >= 11 is 0. The van der Waals surface area contributed by atoms with Gasteiger partial charge in [0.1, 0.15) is 11.2 Å². The SMILES string of the molecule is CCC(C)CC(C)c1ccc(N(c2ccc(-c3ccc4c(c3)c3cc(C(C)(C)C)ccc3n4-c3ccccc3)cc2)c2ccc(-c3ccc(N(c4ccc(C)cc4)c4ccc(-c5cccc6c5oc5ccc(C(C)(C)C)cc56)cc4)cc3C)c(C)c2)cc1. The van der Waals surface area contributed by atoms with E-state index in [0.29, 0.717) is 11.8 Å². The molecule has 4 nitrogen and oxygen atoms in total. The number of anilines is 6. The number of fused-ring (bicyclic) bond motifs is 6. The summed E-state index contributed by atoms with van der Waals surface area (Å²) in [5.41, 5.74) is 26.8. The molecule has 0 saturated heterocycles. The summed E-state index contributed by atoms with van der Waals surface area (Å²) in [5.74, 6) is 1.16. The molecule has 13 aromatic rings. The number of hydrogen-bond donors (Lipinski definition) is 0. The first-order chi connectivity index (χ1) is 42.4. The largest absolute Gasteiger partial charge is 0.455 e. The van der Waals surface area contributed by atoms with Crippen molar-refractivity contribution >= 4 is 77.9 Å². The molecule has 0 aliphatic heterocycles. The summed E-state index contributed by atoms with van der Waals surface area (Å²) in [6.45, 7) is 27.4. The van der Waals surface area contributed by atoms with Crippen LogP contribution in [0.4, 0.5) is 34.1 Å². The number of nitrogens with zero attached hydrogens (tertiary/aromatic N) is 3. The molecular formula is C84H81N3O. The van der Waals surface area contributed by atoms with E-state index in [0.717, 1.165) is 67.2 Å². The van der Waals surface area contributed by atoms with Gasteiger partial charge in [-0.2, -0.15) is 0 Å². The summed E-state index contributed by atoms with van der Waals surface area (Å²) < 4.78 is 9.04. The predicted octanol–water partition coefficient (Wildman–Crippen LogP) is 24.7. The lowest BCUT2D eigenvalue weighted by Gasteiger charge is -2.28. The van der Waals surface area contributed by atoms with Crippen molar-refractivity contribution in [1.82, 2.24) is 4.57 Å². The molecule has 0 amide bonds. The Kier molecular flexibility index (Phi) is 15.1. The van der Waals surface area contributed by atoms with Gasteiger partial charge in [0.15, 0.2) is 0 Å². The number of rotatable bonds is 14. The lowest BCUT2D eigenvalue weighted by atomic mass is 9.86. The number of furan rings is 1. The zero-order chi connectivity index (χ0) is 61.2. The highest BCUT2D eigenvalue weighted by atomic mass is 16.3. The number of aromatic nitrogens is 1. The van der Waals surface area contributed by atoms with Crippen LogP contribution in [0, 0.1) is 26.7 Å². The van der Waals surface area contributed by atoms with E-state index in [2.05, 4.69) is 334 Å². The van der Waals surface area contributed by atoms with Crippen molar-refractivity contribution in [3.05, 3.63) is 270 Å². The lowest BCUT2D eigenvalue weighted by Crippen LogP contribution is -2.11. The second-order valence-electron chi connectivity index (χ2n) is 27.0. The molecule has 0 bridgehead atoms. The van der Waals surface area contributed by atoms with Gasteiger partial charge in [-0.05, 0) is 227 Å². The summed E-state index contributed by atoms with van der Waals surface area (Å²) in [7, 11) is 0. The van der Waals surface area contributed by atoms with Gasteiger partial charge in [-0.3, -0.25) is 0 Å². The molecule has 4 heteroatoms. The Hall–Kier alpha value is -9.38. The van der Waals surface area contributed by atoms with Gasteiger partial charge >= 0.3 is 0 Å². The fraction of sp³-hybridized carbons (Fsp3) is 0.214. The molecule has 2 aromatic heterocycles. The van der Waals surface area contributed by atoms with E-state index >= 15 is 0 Å². The zero-order valence-corrected chi connectivity index (χ0v) is 53.3. The first-order valence-electron chi connectivity index (χ1n) is 31.7. The van der Waals surface area contributed by atoms with Crippen molar-refractivity contribution in [2.75, 3.05) is 9.80 Å². The predicted molar refractivity (Wildman–Crippen MR) is 378 cm³/mol. The maximum absolute atomic E-state index is 6.63. The van der Waals surface area contributed by atoms with E-state index < -0.39 is 0 Å². The zero-order valence-electron chi connectivity index (χ0n) is 53.3. The van der Waals surface area contributed by atoms with E-state index in [1.807, 2.05) is 0 Å². The standard InChI is InChI=1S/C84H81N3O/c1-13-54(2)48-56(4)59-24-35-67(36-25-59)86(68-37-26-60(27-38-68)62-30-45-79-76(51-62)77-52-63(83(7,8)9)31-46-80(77)87(79)65-18-15-14-16-19-65)71-42-44-73(58(6)50-71)72-43-41-70(49-57(72)5)85(66-33-22-55(3)23-34-66)69-39-28-61(29-40-69)74-20-17-21-75-78-53-64(84(10,11)12)32-47-81(78)88-82(74)75/h14-47,49-54,56H,13,48H2,1-12H3. The van der Waals surface area contributed by atoms with Crippen molar-refractivity contribution < 1.29 is 4.42 Å². The smallest absolute Gasteiger partial charge is 0.143 e.